The Kier molecular flexibility index (Phi) is 19.6. The van der Waals surface area contributed by atoms with Crippen molar-refractivity contribution in [1.82, 2.24) is 24.2 Å². The number of hydrogen-bond acceptors (Lipinski definition) is 11. The smallest absolute Gasteiger partial charge is 1.00 e. The molecule has 0 spiro atoms. The molecule has 0 radical (unpaired) electrons. The van der Waals surface area contributed by atoms with Gasteiger partial charge in [0.25, 0.3) is 17.0 Å². The Morgan fingerprint density at radius 1 is 0.768 bits per heavy atom. The standard InChI is InChI=1S/C18H31N3O6Si.C17H28N2O5Si.CH3.BrH.Mg/c1-11-10-21(17(24)19-15(11)22)13-9-12(27-28(7,8)18(2,3)4)14(26-13)16(23)20(5)25-6;1-10-9-19(16(22)18-15(10)21)13-8-12(14(23-13)11(2)20)24-25(6,7)17(3,4)5;;;/h10,12-14H,9H2,1-8H3,(H,19,22,24);9,12-14H,8H2,1-7H3,(H,18,21,22);1H3;1H;/q;;-1;;+2/p-1/t12-,13-,14+;12-,13-,14-;;;/m11.../s1. The van der Waals surface area contributed by atoms with Gasteiger partial charge in [-0.05, 0) is 57.0 Å². The molecule has 314 valence electrons. The van der Waals surface area contributed by atoms with Crippen molar-refractivity contribution >= 4 is 51.4 Å². The number of halogens is 1. The summed E-state index contributed by atoms with van der Waals surface area (Å²) in [7, 11) is -1.41. The summed E-state index contributed by atoms with van der Waals surface area (Å²) in [4.78, 5) is 82.0. The number of aromatic amines is 2. The van der Waals surface area contributed by atoms with E-state index in [0.717, 1.165) is 5.06 Å². The van der Waals surface area contributed by atoms with Gasteiger partial charge in [0, 0.05) is 43.4 Å². The second-order valence-corrected chi connectivity index (χ2v) is 26.4. The molecule has 2 N–H and O–H groups in total. The topological polar surface area (TPSA) is 193 Å². The maximum absolute atomic E-state index is 12.8. The van der Waals surface area contributed by atoms with Crippen molar-refractivity contribution in [3.05, 3.63) is 72.6 Å². The van der Waals surface area contributed by atoms with Crippen LogP contribution in [0.15, 0.2) is 31.6 Å². The molecule has 2 aromatic heterocycles. The minimum atomic E-state index is -2.20. The first-order chi connectivity index (χ1) is 24.1. The summed E-state index contributed by atoms with van der Waals surface area (Å²) < 4.78 is 27.3. The third-order valence-electron chi connectivity index (χ3n) is 10.8. The second-order valence-electron chi connectivity index (χ2n) is 16.9. The van der Waals surface area contributed by atoms with Gasteiger partial charge in [0.2, 0.25) is 0 Å². The van der Waals surface area contributed by atoms with Crippen molar-refractivity contribution in [3.8, 4) is 0 Å². The Labute approximate surface area is 358 Å². The Morgan fingerprint density at radius 2 is 1.11 bits per heavy atom. The maximum atomic E-state index is 12.8. The molecular formula is C36H62BrMgN5O11Si2. The van der Waals surface area contributed by atoms with E-state index in [0.29, 0.717) is 24.0 Å². The molecule has 20 heteroatoms. The number of Topliss-reactive ketones (excluding diaryl/α,β-unsaturated/α-hetero) is 1. The quantitative estimate of drug-likeness (QED) is 0.205. The number of ether oxygens (including phenoxy) is 2. The third kappa shape index (κ3) is 12.5. The van der Waals surface area contributed by atoms with E-state index >= 15 is 0 Å². The molecule has 2 aliphatic heterocycles. The van der Waals surface area contributed by atoms with E-state index in [-0.39, 0.29) is 69.2 Å². The van der Waals surface area contributed by atoms with Crippen LogP contribution in [-0.2, 0) is 32.8 Å². The fourth-order valence-corrected chi connectivity index (χ4v) is 8.06. The number of likely N-dealkylation sites (N-methyl/N-ethyl adjacent to an activating group) is 1. The summed E-state index contributed by atoms with van der Waals surface area (Å²) in [5, 5.41) is 1.03. The number of nitrogens with zero attached hydrogens (tertiary/aromatic N) is 3. The van der Waals surface area contributed by atoms with Gasteiger partial charge in [-0.3, -0.25) is 43.1 Å². The minimum Gasteiger partial charge on any atom is -1.00 e. The fraction of sp³-hybridized carbons (Fsp3) is 0.694. The molecule has 0 unspecified atom stereocenters. The first-order valence-electron chi connectivity index (χ1n) is 17.7. The summed E-state index contributed by atoms with van der Waals surface area (Å²) in [5.41, 5.74) is -1.20. The summed E-state index contributed by atoms with van der Waals surface area (Å²) in [6, 6.07) is 0. The largest absolute Gasteiger partial charge is 2.00 e. The molecule has 2 saturated heterocycles. The number of hydrogen-bond donors (Lipinski definition) is 2. The van der Waals surface area contributed by atoms with Crippen LogP contribution in [0.4, 0.5) is 0 Å². The SMILES string of the molecule is CC(=O)[C@H]1O[C@@H](n2cc(C)c(=O)[nH]c2=O)C[C@H]1O[Si](C)(C)C(C)(C)C.CON(C)C(=O)[C@H]1O[C@@H](n2cc(C)c(=O)[nH]c2=O)C[C@H]1O[Si](C)(C)C(C)(C)C.[Br-].[CH3-].[Mg+2]. The van der Waals surface area contributed by atoms with Crippen LogP contribution in [0, 0.1) is 21.3 Å². The zero-order chi connectivity index (χ0) is 40.6. The molecule has 2 aliphatic rings. The normalized spacial score (nSPS) is 22.5. The average molecular weight is 901 g/mol. The number of H-pyrrole nitrogens is 2. The summed E-state index contributed by atoms with van der Waals surface area (Å²) >= 11 is 0. The predicted octanol–water partition coefficient (Wildman–Crippen LogP) is 0.728. The van der Waals surface area contributed by atoms with Crippen LogP contribution >= 0.6 is 0 Å². The molecule has 4 rings (SSSR count). The van der Waals surface area contributed by atoms with Gasteiger partial charge in [0.1, 0.15) is 18.6 Å². The van der Waals surface area contributed by atoms with E-state index in [1.54, 1.807) is 13.8 Å². The van der Waals surface area contributed by atoms with E-state index in [9.17, 15) is 28.8 Å². The number of rotatable bonds is 9. The van der Waals surface area contributed by atoms with Gasteiger partial charge in [0.05, 0.1) is 19.3 Å². The summed E-state index contributed by atoms with van der Waals surface area (Å²) in [6.45, 7) is 25.8. The molecular weight excluding hydrogens is 839 g/mol. The van der Waals surface area contributed by atoms with E-state index in [2.05, 4.69) is 77.7 Å². The van der Waals surface area contributed by atoms with Gasteiger partial charge in [0.15, 0.2) is 28.5 Å². The second kappa shape index (κ2) is 20.3. The van der Waals surface area contributed by atoms with Crippen molar-refractivity contribution in [2.45, 2.75) is 148 Å². The number of amides is 1. The van der Waals surface area contributed by atoms with Crippen molar-refractivity contribution in [2.75, 3.05) is 14.2 Å². The summed E-state index contributed by atoms with van der Waals surface area (Å²) in [6.07, 6.45) is -0.295. The van der Waals surface area contributed by atoms with Gasteiger partial charge >= 0.3 is 34.4 Å². The van der Waals surface area contributed by atoms with Crippen LogP contribution in [-0.4, -0.2) is 114 Å². The molecule has 0 aromatic carbocycles. The number of aromatic nitrogens is 4. The number of aryl methyl sites for hydroxylation is 2. The van der Waals surface area contributed by atoms with Crippen LogP contribution in [0.5, 0.6) is 0 Å². The fourth-order valence-electron chi connectivity index (χ4n) is 5.40. The molecule has 6 atom stereocenters. The molecule has 16 nitrogen and oxygen atoms in total. The molecule has 4 heterocycles. The first-order valence-corrected chi connectivity index (χ1v) is 23.6. The molecule has 0 saturated carbocycles. The summed E-state index contributed by atoms with van der Waals surface area (Å²) in [5.74, 6) is -0.511. The van der Waals surface area contributed by atoms with Crippen molar-refractivity contribution in [1.29, 1.82) is 0 Å². The van der Waals surface area contributed by atoms with Crippen LogP contribution in [0.2, 0.25) is 36.3 Å². The number of carbonyl (C=O) groups is 2. The molecule has 56 heavy (non-hydrogen) atoms. The number of carbonyl (C=O) groups excluding carboxylic acids is 2. The van der Waals surface area contributed by atoms with E-state index in [1.165, 1.54) is 42.6 Å². The Balaban J connectivity index is 0.00000103. The van der Waals surface area contributed by atoms with Gasteiger partial charge < -0.3 is 42.7 Å². The van der Waals surface area contributed by atoms with Gasteiger partial charge in [-0.1, -0.05) is 41.5 Å². The first kappa shape index (κ1) is 54.0. The zero-order valence-electron chi connectivity index (χ0n) is 36.0. The molecule has 0 aliphatic carbocycles. The molecule has 2 fully saturated rings. The van der Waals surface area contributed by atoms with Crippen LogP contribution in [0.1, 0.15) is 84.9 Å². The van der Waals surface area contributed by atoms with Crippen molar-refractivity contribution < 1.29 is 49.7 Å². The Morgan fingerprint density at radius 3 is 1.43 bits per heavy atom. The van der Waals surface area contributed by atoms with E-state index < -0.39 is 76.0 Å². The number of nitrogens with one attached hydrogen (secondary N) is 2. The monoisotopic (exact) mass is 899 g/mol. The number of ketones is 1. The predicted molar refractivity (Wildman–Crippen MR) is 216 cm³/mol. The van der Waals surface area contributed by atoms with E-state index in [1.807, 2.05) is 0 Å². The van der Waals surface area contributed by atoms with Crippen LogP contribution < -0.4 is 39.5 Å². The van der Waals surface area contributed by atoms with Gasteiger partial charge in [-0.15, -0.1) is 0 Å². The van der Waals surface area contributed by atoms with Gasteiger partial charge in [-0.25, -0.2) is 14.7 Å². The molecule has 2 aromatic rings. The van der Waals surface area contributed by atoms with E-state index in [4.69, 9.17) is 23.2 Å². The number of hydroxylamine groups is 2. The molecule has 0 bridgehead atoms. The Bertz CT molecular complexity index is 1900. The van der Waals surface area contributed by atoms with Gasteiger partial charge in [-0.2, -0.15) is 0 Å². The Hall–Kier alpha value is -2.02. The zero-order valence-corrected chi connectivity index (χ0v) is 41.0. The third-order valence-corrected chi connectivity index (χ3v) is 19.8. The van der Waals surface area contributed by atoms with Crippen LogP contribution in [0.25, 0.3) is 0 Å². The van der Waals surface area contributed by atoms with Crippen molar-refractivity contribution in [2.24, 2.45) is 0 Å². The van der Waals surface area contributed by atoms with Crippen molar-refractivity contribution in [3.63, 3.8) is 0 Å². The average Bonchev–Trinajstić information content (AvgIpc) is 3.63. The van der Waals surface area contributed by atoms with Crippen LogP contribution in [0.3, 0.4) is 0 Å². The maximum Gasteiger partial charge on any atom is 2.00 e. The minimum absolute atomic E-state index is 0. The molecule has 1 amide bonds.